The Morgan fingerprint density at radius 1 is 1.47 bits per heavy atom. The van der Waals surface area contributed by atoms with Gasteiger partial charge in [0.25, 0.3) is 0 Å². The van der Waals surface area contributed by atoms with Gasteiger partial charge >= 0.3 is 6.09 Å². The van der Waals surface area contributed by atoms with Crippen LogP contribution in [0.5, 0.6) is 0 Å². The second-order valence-corrected chi connectivity index (χ2v) is 5.84. The molecular formula is C13H22N4O2. The third kappa shape index (κ3) is 4.24. The molecule has 106 valence electrons. The minimum atomic E-state index is -0.420. The van der Waals surface area contributed by atoms with Crippen molar-refractivity contribution < 1.29 is 9.53 Å². The molecule has 2 rings (SSSR count). The van der Waals surface area contributed by atoms with E-state index in [2.05, 4.69) is 10.3 Å². The van der Waals surface area contributed by atoms with Crippen LogP contribution in [0, 0.1) is 0 Å². The molecule has 2 heterocycles. The van der Waals surface area contributed by atoms with Gasteiger partial charge in [0.15, 0.2) is 0 Å². The van der Waals surface area contributed by atoms with E-state index >= 15 is 0 Å². The van der Waals surface area contributed by atoms with E-state index in [9.17, 15) is 4.79 Å². The third-order valence-electron chi connectivity index (χ3n) is 2.90. The van der Waals surface area contributed by atoms with Crippen LogP contribution in [0.3, 0.4) is 0 Å². The number of carbonyl (C=O) groups excluding carboxylic acids is 1. The Labute approximate surface area is 113 Å². The van der Waals surface area contributed by atoms with Crippen molar-refractivity contribution >= 4 is 6.09 Å². The number of aromatic nitrogens is 2. The van der Waals surface area contributed by atoms with Gasteiger partial charge in [-0.3, -0.25) is 0 Å². The van der Waals surface area contributed by atoms with E-state index in [1.807, 2.05) is 31.5 Å². The topological polar surface area (TPSA) is 59.4 Å². The van der Waals surface area contributed by atoms with Gasteiger partial charge in [-0.2, -0.15) is 0 Å². The summed E-state index contributed by atoms with van der Waals surface area (Å²) in [5.41, 5.74) is -0.420. The highest BCUT2D eigenvalue weighted by Gasteiger charge is 2.33. The van der Waals surface area contributed by atoms with E-state index in [0.29, 0.717) is 6.04 Å². The lowest BCUT2D eigenvalue weighted by atomic mass is 10.1. The van der Waals surface area contributed by atoms with Crippen molar-refractivity contribution in [2.75, 3.05) is 19.6 Å². The maximum atomic E-state index is 11.7. The molecule has 1 amide bonds. The van der Waals surface area contributed by atoms with Crippen molar-refractivity contribution in [1.82, 2.24) is 19.8 Å². The van der Waals surface area contributed by atoms with E-state index in [1.165, 1.54) is 0 Å². The van der Waals surface area contributed by atoms with Gasteiger partial charge in [0.05, 0.1) is 6.33 Å². The van der Waals surface area contributed by atoms with Crippen LogP contribution < -0.4 is 5.32 Å². The summed E-state index contributed by atoms with van der Waals surface area (Å²) in [5, 5.41) is 3.41. The second-order valence-electron chi connectivity index (χ2n) is 5.84. The lowest BCUT2D eigenvalue weighted by molar-refractivity contribution is 0.00531. The summed E-state index contributed by atoms with van der Waals surface area (Å²) in [6.07, 6.45) is 5.29. The molecular weight excluding hydrogens is 244 g/mol. The summed E-state index contributed by atoms with van der Waals surface area (Å²) in [4.78, 5) is 17.4. The molecule has 1 fully saturated rings. The molecule has 0 aliphatic carbocycles. The monoisotopic (exact) mass is 266 g/mol. The van der Waals surface area contributed by atoms with Crippen molar-refractivity contribution in [3.05, 3.63) is 18.7 Å². The van der Waals surface area contributed by atoms with Crippen LogP contribution in [-0.4, -0.2) is 51.8 Å². The summed E-state index contributed by atoms with van der Waals surface area (Å²) < 4.78 is 7.33. The number of carbonyl (C=O) groups is 1. The average Bonchev–Trinajstić information content (AvgIpc) is 2.71. The zero-order valence-corrected chi connectivity index (χ0v) is 11.8. The molecule has 1 N–H and O–H groups in total. The van der Waals surface area contributed by atoms with Crippen molar-refractivity contribution in [3.8, 4) is 0 Å². The molecule has 6 nitrogen and oxygen atoms in total. The minimum absolute atomic E-state index is 0.222. The quantitative estimate of drug-likeness (QED) is 0.886. The standard InChI is InChI=1S/C13H22N4O2/c1-13(2,3)19-12(18)17-8-11(9-17)15-5-7-16-6-4-14-10-16/h4,6,10-11,15H,5,7-9H2,1-3H3. The molecule has 19 heavy (non-hydrogen) atoms. The SMILES string of the molecule is CC(C)(C)OC(=O)N1CC(NCCn2ccnc2)C1. The Morgan fingerprint density at radius 3 is 2.79 bits per heavy atom. The molecule has 0 bridgehead atoms. The maximum absolute atomic E-state index is 11.7. The summed E-state index contributed by atoms with van der Waals surface area (Å²) in [7, 11) is 0. The number of nitrogens with one attached hydrogen (secondary N) is 1. The molecule has 1 saturated heterocycles. The Morgan fingerprint density at radius 2 is 2.21 bits per heavy atom. The number of imidazole rings is 1. The summed E-state index contributed by atoms with van der Waals surface area (Å²) in [6, 6.07) is 0.371. The van der Waals surface area contributed by atoms with E-state index < -0.39 is 5.60 Å². The van der Waals surface area contributed by atoms with E-state index in [0.717, 1.165) is 26.2 Å². The molecule has 1 aromatic heterocycles. The molecule has 0 atom stereocenters. The highest BCUT2D eigenvalue weighted by atomic mass is 16.6. The van der Waals surface area contributed by atoms with Crippen LogP contribution in [-0.2, 0) is 11.3 Å². The lowest BCUT2D eigenvalue weighted by Gasteiger charge is -2.40. The predicted molar refractivity (Wildman–Crippen MR) is 71.8 cm³/mol. The van der Waals surface area contributed by atoms with Crippen molar-refractivity contribution in [2.24, 2.45) is 0 Å². The average molecular weight is 266 g/mol. The Hall–Kier alpha value is -1.56. The molecule has 0 spiro atoms. The van der Waals surface area contributed by atoms with Crippen LogP contribution in [0.25, 0.3) is 0 Å². The second kappa shape index (κ2) is 5.61. The molecule has 0 aromatic carbocycles. The molecule has 6 heteroatoms. The van der Waals surface area contributed by atoms with Crippen LogP contribution in [0.15, 0.2) is 18.7 Å². The van der Waals surface area contributed by atoms with Gasteiger partial charge in [-0.15, -0.1) is 0 Å². The van der Waals surface area contributed by atoms with E-state index in [1.54, 1.807) is 17.4 Å². The summed E-state index contributed by atoms with van der Waals surface area (Å²) >= 11 is 0. The molecule has 1 aromatic rings. The number of amides is 1. The number of hydrogen-bond donors (Lipinski definition) is 1. The third-order valence-corrected chi connectivity index (χ3v) is 2.90. The van der Waals surface area contributed by atoms with Crippen molar-refractivity contribution in [2.45, 2.75) is 39.0 Å². The zero-order valence-electron chi connectivity index (χ0n) is 11.8. The zero-order chi connectivity index (χ0) is 13.9. The van der Waals surface area contributed by atoms with Gasteiger partial charge in [-0.25, -0.2) is 9.78 Å². The first-order chi connectivity index (χ1) is 8.94. The first-order valence-electron chi connectivity index (χ1n) is 6.61. The lowest BCUT2D eigenvalue weighted by Crippen LogP contribution is -2.60. The predicted octanol–water partition coefficient (Wildman–Crippen LogP) is 1.09. The Kier molecular flexibility index (Phi) is 4.09. The fourth-order valence-electron chi connectivity index (χ4n) is 1.90. The van der Waals surface area contributed by atoms with Gasteiger partial charge in [0.1, 0.15) is 5.60 Å². The fourth-order valence-corrected chi connectivity index (χ4v) is 1.90. The summed E-state index contributed by atoms with van der Waals surface area (Å²) in [6.45, 7) is 8.85. The molecule has 1 aliphatic heterocycles. The van der Waals surface area contributed by atoms with Gasteiger partial charge in [-0.1, -0.05) is 0 Å². The van der Waals surface area contributed by atoms with Gasteiger partial charge in [0, 0.05) is 44.6 Å². The Balaban J connectivity index is 1.60. The number of nitrogens with zero attached hydrogens (tertiary/aromatic N) is 3. The highest BCUT2D eigenvalue weighted by molar-refractivity contribution is 5.69. The molecule has 0 radical (unpaired) electrons. The number of likely N-dealkylation sites (tertiary alicyclic amines) is 1. The molecule has 1 aliphatic rings. The van der Waals surface area contributed by atoms with Crippen LogP contribution in [0.2, 0.25) is 0 Å². The Bertz CT molecular complexity index is 405. The maximum Gasteiger partial charge on any atom is 0.410 e. The summed E-state index contributed by atoms with van der Waals surface area (Å²) in [5.74, 6) is 0. The van der Waals surface area contributed by atoms with Crippen LogP contribution in [0.1, 0.15) is 20.8 Å². The molecule has 0 saturated carbocycles. The van der Waals surface area contributed by atoms with Crippen molar-refractivity contribution in [3.63, 3.8) is 0 Å². The normalized spacial score (nSPS) is 16.3. The van der Waals surface area contributed by atoms with Gasteiger partial charge in [0.2, 0.25) is 0 Å². The number of rotatable bonds is 4. The molecule has 0 unspecified atom stereocenters. The van der Waals surface area contributed by atoms with Crippen molar-refractivity contribution in [1.29, 1.82) is 0 Å². The minimum Gasteiger partial charge on any atom is -0.444 e. The number of ether oxygens (including phenoxy) is 1. The van der Waals surface area contributed by atoms with E-state index in [-0.39, 0.29) is 6.09 Å². The largest absolute Gasteiger partial charge is 0.444 e. The first kappa shape index (κ1) is 13.9. The smallest absolute Gasteiger partial charge is 0.410 e. The number of hydrogen-bond acceptors (Lipinski definition) is 4. The van der Waals surface area contributed by atoms with Gasteiger partial charge in [-0.05, 0) is 20.8 Å². The van der Waals surface area contributed by atoms with Gasteiger partial charge < -0.3 is 19.5 Å². The fraction of sp³-hybridized carbons (Fsp3) is 0.692. The van der Waals surface area contributed by atoms with E-state index in [4.69, 9.17) is 4.74 Å². The van der Waals surface area contributed by atoms with Crippen LogP contribution in [0.4, 0.5) is 4.79 Å². The first-order valence-corrected chi connectivity index (χ1v) is 6.61. The highest BCUT2D eigenvalue weighted by Crippen LogP contribution is 2.14. The van der Waals surface area contributed by atoms with Crippen LogP contribution >= 0.6 is 0 Å².